The summed E-state index contributed by atoms with van der Waals surface area (Å²) in [6, 6.07) is 13.2. The van der Waals surface area contributed by atoms with Crippen molar-refractivity contribution >= 4 is 22.6 Å². The lowest BCUT2D eigenvalue weighted by atomic mass is 10.1. The predicted octanol–water partition coefficient (Wildman–Crippen LogP) is 3.26. The minimum atomic E-state index is -0.120. The Kier molecular flexibility index (Phi) is 5.28. The fourth-order valence-electron chi connectivity index (χ4n) is 3.35. The molecule has 0 atom stereocenters. The molecule has 0 saturated heterocycles. The summed E-state index contributed by atoms with van der Waals surface area (Å²) < 4.78 is 11.0. The Morgan fingerprint density at radius 3 is 2.71 bits per heavy atom. The van der Waals surface area contributed by atoms with Crippen LogP contribution in [0, 0.1) is 0 Å². The van der Waals surface area contributed by atoms with Crippen LogP contribution in [0.1, 0.15) is 28.8 Å². The van der Waals surface area contributed by atoms with Crippen LogP contribution in [0.3, 0.4) is 0 Å². The van der Waals surface area contributed by atoms with Crippen LogP contribution >= 0.6 is 0 Å². The third-order valence-electron chi connectivity index (χ3n) is 4.83. The second kappa shape index (κ2) is 8.17. The van der Waals surface area contributed by atoms with Crippen LogP contribution in [0.25, 0.3) is 10.9 Å². The number of amides is 1. The smallest absolute Gasteiger partial charge is 0.220 e. The SMILES string of the molecule is O=C(CCC(=O)c1ccc2c(c1)OCCO2)NCCc1c[nH]c2ccccc12. The maximum Gasteiger partial charge on any atom is 0.220 e. The Labute approximate surface area is 162 Å². The van der Waals surface area contributed by atoms with E-state index in [9.17, 15) is 9.59 Å². The number of hydrogen-bond donors (Lipinski definition) is 2. The molecule has 1 aliphatic rings. The molecule has 6 nitrogen and oxygen atoms in total. The highest BCUT2D eigenvalue weighted by atomic mass is 16.6. The standard InChI is InChI=1S/C22H22N2O4/c25-19(15-5-7-20-21(13-15)28-12-11-27-20)6-8-22(26)23-10-9-16-14-24-18-4-2-1-3-17(16)18/h1-5,7,13-14,24H,6,8-12H2,(H,23,26). The number of carbonyl (C=O) groups excluding carboxylic acids is 2. The van der Waals surface area contributed by atoms with Gasteiger partial charge in [-0.3, -0.25) is 9.59 Å². The molecule has 0 fully saturated rings. The van der Waals surface area contributed by atoms with Crippen molar-refractivity contribution in [3.8, 4) is 11.5 Å². The molecule has 0 spiro atoms. The monoisotopic (exact) mass is 378 g/mol. The molecule has 0 saturated carbocycles. The summed E-state index contributed by atoms with van der Waals surface area (Å²) in [7, 11) is 0. The third-order valence-corrected chi connectivity index (χ3v) is 4.83. The van der Waals surface area contributed by atoms with Crippen LogP contribution < -0.4 is 14.8 Å². The van der Waals surface area contributed by atoms with Crippen LogP contribution in [0.2, 0.25) is 0 Å². The van der Waals surface area contributed by atoms with Gasteiger partial charge in [0.05, 0.1) is 0 Å². The number of fused-ring (bicyclic) bond motifs is 2. The van der Waals surface area contributed by atoms with Crippen molar-refractivity contribution in [3.05, 3.63) is 59.8 Å². The first-order valence-electron chi connectivity index (χ1n) is 9.45. The summed E-state index contributed by atoms with van der Waals surface area (Å²) in [5, 5.41) is 4.06. The molecule has 0 radical (unpaired) electrons. The average molecular weight is 378 g/mol. The number of aromatic nitrogens is 1. The Morgan fingerprint density at radius 2 is 1.82 bits per heavy atom. The molecule has 1 aromatic heterocycles. The minimum absolute atomic E-state index is 0.0799. The average Bonchev–Trinajstić information content (AvgIpc) is 3.15. The van der Waals surface area contributed by atoms with Gasteiger partial charge in [0.15, 0.2) is 17.3 Å². The highest BCUT2D eigenvalue weighted by Gasteiger charge is 2.15. The van der Waals surface area contributed by atoms with E-state index >= 15 is 0 Å². The van der Waals surface area contributed by atoms with Gasteiger partial charge in [-0.2, -0.15) is 0 Å². The molecule has 6 heteroatoms. The summed E-state index contributed by atoms with van der Waals surface area (Å²) in [4.78, 5) is 27.7. The Morgan fingerprint density at radius 1 is 1.00 bits per heavy atom. The van der Waals surface area contributed by atoms with Gasteiger partial charge < -0.3 is 19.8 Å². The Balaban J connectivity index is 1.24. The zero-order valence-corrected chi connectivity index (χ0v) is 15.5. The van der Waals surface area contributed by atoms with Crippen LogP contribution in [0.15, 0.2) is 48.7 Å². The number of nitrogens with one attached hydrogen (secondary N) is 2. The van der Waals surface area contributed by atoms with Crippen LogP contribution in [-0.4, -0.2) is 36.4 Å². The van der Waals surface area contributed by atoms with E-state index in [0.717, 1.165) is 11.9 Å². The van der Waals surface area contributed by atoms with Crippen molar-refractivity contribution in [3.63, 3.8) is 0 Å². The number of ketones is 1. The number of carbonyl (C=O) groups is 2. The lowest BCUT2D eigenvalue weighted by Crippen LogP contribution is -2.26. The Hall–Kier alpha value is -3.28. The number of rotatable bonds is 7. The molecule has 3 aromatic rings. The van der Waals surface area contributed by atoms with Gasteiger partial charge in [0.1, 0.15) is 13.2 Å². The van der Waals surface area contributed by atoms with E-state index < -0.39 is 0 Å². The first kappa shape index (κ1) is 18.1. The molecule has 1 amide bonds. The normalized spacial score (nSPS) is 12.7. The fraction of sp³-hybridized carbons (Fsp3) is 0.273. The molecule has 0 bridgehead atoms. The van der Waals surface area contributed by atoms with Crippen LogP contribution in [0.5, 0.6) is 11.5 Å². The van der Waals surface area contributed by atoms with E-state index in [4.69, 9.17) is 9.47 Å². The van der Waals surface area contributed by atoms with E-state index in [0.29, 0.717) is 36.8 Å². The number of H-pyrrole nitrogens is 1. The van der Waals surface area contributed by atoms with Gasteiger partial charge in [-0.05, 0) is 36.2 Å². The van der Waals surface area contributed by atoms with E-state index in [1.165, 1.54) is 10.9 Å². The zero-order chi connectivity index (χ0) is 19.3. The summed E-state index contributed by atoms with van der Waals surface area (Å²) in [6.07, 6.45) is 3.05. The summed E-state index contributed by atoms with van der Waals surface area (Å²) in [6.45, 7) is 1.53. The highest BCUT2D eigenvalue weighted by molar-refractivity contribution is 5.98. The fourth-order valence-corrected chi connectivity index (χ4v) is 3.35. The van der Waals surface area contributed by atoms with E-state index in [1.54, 1.807) is 18.2 Å². The number of para-hydroxylation sites is 1. The lowest BCUT2D eigenvalue weighted by Gasteiger charge is -2.18. The topological polar surface area (TPSA) is 80.4 Å². The summed E-state index contributed by atoms with van der Waals surface area (Å²) >= 11 is 0. The number of Topliss-reactive ketones (excluding diaryl/α,β-unsaturated/α-hetero) is 1. The largest absolute Gasteiger partial charge is 0.486 e. The zero-order valence-electron chi connectivity index (χ0n) is 15.5. The van der Waals surface area contributed by atoms with E-state index in [-0.39, 0.29) is 24.5 Å². The van der Waals surface area contributed by atoms with Crippen molar-refractivity contribution in [1.82, 2.24) is 10.3 Å². The third kappa shape index (κ3) is 4.01. The second-order valence-corrected chi connectivity index (χ2v) is 6.74. The molecule has 0 aliphatic carbocycles. The van der Waals surface area contributed by atoms with Gasteiger partial charge in [-0.15, -0.1) is 0 Å². The summed E-state index contributed by atoms with van der Waals surface area (Å²) in [5.41, 5.74) is 2.80. The molecule has 28 heavy (non-hydrogen) atoms. The molecule has 1 aliphatic heterocycles. The first-order valence-corrected chi connectivity index (χ1v) is 9.45. The number of aromatic amines is 1. The van der Waals surface area contributed by atoms with Gasteiger partial charge in [0.25, 0.3) is 0 Å². The van der Waals surface area contributed by atoms with Crippen molar-refractivity contribution in [2.24, 2.45) is 0 Å². The molecular formula is C22H22N2O4. The first-order chi connectivity index (χ1) is 13.7. The maximum atomic E-state index is 12.4. The molecular weight excluding hydrogens is 356 g/mol. The van der Waals surface area contributed by atoms with E-state index in [2.05, 4.69) is 16.4 Å². The number of benzene rings is 2. The van der Waals surface area contributed by atoms with Crippen molar-refractivity contribution in [1.29, 1.82) is 0 Å². The van der Waals surface area contributed by atoms with Crippen molar-refractivity contribution in [2.75, 3.05) is 19.8 Å². The maximum absolute atomic E-state index is 12.4. The number of ether oxygens (including phenoxy) is 2. The van der Waals surface area contributed by atoms with Gasteiger partial charge >= 0.3 is 0 Å². The van der Waals surface area contributed by atoms with Crippen LogP contribution in [0.4, 0.5) is 0 Å². The molecule has 0 unspecified atom stereocenters. The molecule has 2 heterocycles. The minimum Gasteiger partial charge on any atom is -0.486 e. The van der Waals surface area contributed by atoms with Gasteiger partial charge in [-0.25, -0.2) is 0 Å². The molecule has 144 valence electrons. The van der Waals surface area contributed by atoms with E-state index in [1.807, 2.05) is 24.4 Å². The predicted molar refractivity (Wildman–Crippen MR) is 106 cm³/mol. The number of hydrogen-bond acceptors (Lipinski definition) is 4. The van der Waals surface area contributed by atoms with Crippen molar-refractivity contribution < 1.29 is 19.1 Å². The summed E-state index contributed by atoms with van der Waals surface area (Å²) in [5.74, 6) is 1.03. The van der Waals surface area contributed by atoms with Crippen molar-refractivity contribution in [2.45, 2.75) is 19.3 Å². The highest BCUT2D eigenvalue weighted by Crippen LogP contribution is 2.31. The second-order valence-electron chi connectivity index (χ2n) is 6.74. The van der Waals surface area contributed by atoms with Gasteiger partial charge in [-0.1, -0.05) is 18.2 Å². The van der Waals surface area contributed by atoms with Gasteiger partial charge in [0, 0.05) is 42.0 Å². The quantitative estimate of drug-likeness (QED) is 0.619. The van der Waals surface area contributed by atoms with Gasteiger partial charge in [0.2, 0.25) is 5.91 Å². The molecule has 2 aromatic carbocycles. The van der Waals surface area contributed by atoms with Crippen LogP contribution in [-0.2, 0) is 11.2 Å². The lowest BCUT2D eigenvalue weighted by molar-refractivity contribution is -0.121. The molecule has 2 N–H and O–H groups in total. The molecule has 4 rings (SSSR count). The Bertz CT molecular complexity index is 1010.